The molecule has 17 rings (SSSR count). The van der Waals surface area contributed by atoms with Gasteiger partial charge in [-0.1, -0.05) is 261 Å². The number of hydrogen-bond donors (Lipinski definition) is 0. The summed E-state index contributed by atoms with van der Waals surface area (Å²) >= 11 is 0. The van der Waals surface area contributed by atoms with Crippen molar-refractivity contribution in [3.63, 3.8) is 0 Å². The normalized spacial score (nSPS) is 16.6. The highest BCUT2D eigenvalue weighted by atomic mass is 15.2. The molecule has 11 aromatic carbocycles. The highest BCUT2D eigenvalue weighted by Crippen LogP contribution is 2.54. The first-order chi connectivity index (χ1) is 45.4. The highest BCUT2D eigenvalue weighted by Gasteiger charge is 2.46. The number of aromatic nitrogens is 2. The van der Waals surface area contributed by atoms with Gasteiger partial charge in [0.15, 0.2) is 0 Å². The number of rotatable bonds is 6. The van der Waals surface area contributed by atoms with Crippen molar-refractivity contribution in [1.82, 2.24) is 9.13 Å². The summed E-state index contributed by atoms with van der Waals surface area (Å²) in [5, 5.41) is 5.08. The van der Waals surface area contributed by atoms with Crippen LogP contribution in [0.1, 0.15) is 156 Å². The van der Waals surface area contributed by atoms with Crippen molar-refractivity contribution in [2.45, 2.75) is 155 Å². The van der Waals surface area contributed by atoms with Crippen LogP contribution in [0.25, 0.3) is 77.2 Å². The Hall–Kier alpha value is -9.32. The molecule has 0 atom stereocenters. The minimum absolute atomic E-state index is 0.0394. The Kier molecular flexibility index (Phi) is 12.9. The van der Waals surface area contributed by atoms with Gasteiger partial charge in [-0.2, -0.15) is 0 Å². The lowest BCUT2D eigenvalue weighted by Crippen LogP contribution is -2.61. The third-order valence-corrected chi connectivity index (χ3v) is 23.1. The molecule has 2 aliphatic carbocycles. The van der Waals surface area contributed by atoms with Crippen LogP contribution in [-0.4, -0.2) is 15.8 Å². The molecule has 0 unspecified atom stereocenters. The molecule has 4 aliphatic rings. The summed E-state index contributed by atoms with van der Waals surface area (Å²) in [4.78, 5) is 5.33. The summed E-state index contributed by atoms with van der Waals surface area (Å²) in [5.74, 6) is 0. The van der Waals surface area contributed by atoms with E-state index in [0.717, 1.165) is 35.6 Å². The van der Waals surface area contributed by atoms with E-state index in [0.29, 0.717) is 0 Å². The summed E-state index contributed by atoms with van der Waals surface area (Å²) in [7, 11) is 0. The summed E-state index contributed by atoms with van der Waals surface area (Å²) in [5.41, 5.74) is 31.7. The van der Waals surface area contributed by atoms with E-state index in [9.17, 15) is 0 Å². The molecule has 0 saturated heterocycles. The van der Waals surface area contributed by atoms with Gasteiger partial charge in [-0.05, 0) is 180 Å². The fourth-order valence-corrected chi connectivity index (χ4v) is 17.8. The van der Waals surface area contributed by atoms with Crippen LogP contribution < -0.4 is 26.2 Å². The average Bonchev–Trinajstić information content (AvgIpc) is 0.877. The molecule has 0 radical (unpaired) electrons. The fraction of sp³-hybridized carbons (Fsp3) is 0.267. The second-order valence-electron chi connectivity index (χ2n) is 33.0. The number of para-hydroxylation sites is 6. The monoisotopic (exact) mass is 1230 g/mol. The maximum Gasteiger partial charge on any atom is 0.252 e. The predicted octanol–water partition coefficient (Wildman–Crippen LogP) is 22.6. The van der Waals surface area contributed by atoms with Gasteiger partial charge in [0.25, 0.3) is 6.71 Å². The Balaban J connectivity index is 0.970. The average molecular weight is 1240 g/mol. The van der Waals surface area contributed by atoms with Crippen molar-refractivity contribution in [2.24, 2.45) is 0 Å². The smallest absolute Gasteiger partial charge is 0.252 e. The number of nitrogens with zero attached hydrogens (tertiary/aromatic N) is 4. The third kappa shape index (κ3) is 8.93. The lowest BCUT2D eigenvalue weighted by molar-refractivity contribution is 0.332. The Morgan fingerprint density at radius 1 is 0.316 bits per heavy atom. The Morgan fingerprint density at radius 2 is 0.674 bits per heavy atom. The Labute approximate surface area is 563 Å². The molecule has 0 saturated carbocycles. The van der Waals surface area contributed by atoms with Crippen LogP contribution in [0, 0.1) is 0 Å². The molecule has 95 heavy (non-hydrogen) atoms. The van der Waals surface area contributed by atoms with Gasteiger partial charge in [0.05, 0.1) is 33.4 Å². The van der Waals surface area contributed by atoms with E-state index in [1.54, 1.807) is 0 Å². The number of benzene rings is 11. The van der Waals surface area contributed by atoms with Crippen molar-refractivity contribution in [3.8, 4) is 33.6 Å². The molecule has 2 aromatic heterocycles. The van der Waals surface area contributed by atoms with Crippen LogP contribution in [0.4, 0.5) is 34.1 Å². The van der Waals surface area contributed by atoms with Crippen molar-refractivity contribution in [1.29, 1.82) is 0 Å². The minimum atomic E-state index is -0.133. The van der Waals surface area contributed by atoms with Gasteiger partial charge in [-0.15, -0.1) is 0 Å². The lowest BCUT2D eigenvalue weighted by atomic mass is 9.33. The molecule has 0 fully saturated rings. The fourth-order valence-electron chi connectivity index (χ4n) is 17.8. The zero-order chi connectivity index (χ0) is 65.6. The first kappa shape index (κ1) is 59.4. The topological polar surface area (TPSA) is 16.3 Å². The molecular weight excluding hydrogens is 1150 g/mol. The molecule has 4 nitrogen and oxygen atoms in total. The highest BCUT2D eigenvalue weighted by molar-refractivity contribution is 7.00. The first-order valence-corrected chi connectivity index (χ1v) is 35.0. The zero-order valence-corrected chi connectivity index (χ0v) is 58.1. The van der Waals surface area contributed by atoms with Gasteiger partial charge in [0, 0.05) is 66.8 Å². The molecule has 5 heteroatoms. The standard InChI is InChI=1S/C90H87BN4/c1-85(2,3)68-32-23-30-64-62-28-17-21-36-76(62)92(83(64)68)58-42-46-72-80(54-58)94(74-34-19-15-26-60(74)56-40-44-66-70(52-56)89(11,12)50-48-87(66,7)8)78-38-25-39-79-82(78)91(72)73-47-43-59(93-77-37-22-18-29-63(77)65-31-24-33-69(84(65)93)86(4,5)6)55-81(73)95(79)75-35-20-16-27-61(75)57-41-45-67-71(53-57)90(13,14)51-49-88(67,9)10/h15-47,52-55H,48-51H2,1-14H3. The molecule has 470 valence electrons. The summed E-state index contributed by atoms with van der Waals surface area (Å²) < 4.78 is 5.16. The second-order valence-corrected chi connectivity index (χ2v) is 33.0. The van der Waals surface area contributed by atoms with Gasteiger partial charge in [0.1, 0.15) is 0 Å². The largest absolute Gasteiger partial charge is 0.311 e. The Morgan fingerprint density at radius 3 is 1.09 bits per heavy atom. The van der Waals surface area contributed by atoms with E-state index in [1.165, 1.54) is 151 Å². The van der Waals surface area contributed by atoms with Crippen molar-refractivity contribution in [3.05, 3.63) is 258 Å². The van der Waals surface area contributed by atoms with Gasteiger partial charge in [-0.25, -0.2) is 0 Å². The minimum Gasteiger partial charge on any atom is -0.311 e. The number of anilines is 6. The van der Waals surface area contributed by atoms with Crippen molar-refractivity contribution < 1.29 is 0 Å². The number of fused-ring (bicyclic) bond motifs is 12. The van der Waals surface area contributed by atoms with Gasteiger partial charge in [-0.3, -0.25) is 0 Å². The van der Waals surface area contributed by atoms with Crippen LogP contribution >= 0.6 is 0 Å². The van der Waals surface area contributed by atoms with Gasteiger partial charge >= 0.3 is 0 Å². The van der Waals surface area contributed by atoms with E-state index in [4.69, 9.17) is 0 Å². The van der Waals surface area contributed by atoms with E-state index in [1.807, 2.05) is 0 Å². The molecule has 0 amide bonds. The van der Waals surface area contributed by atoms with E-state index in [2.05, 4.69) is 340 Å². The summed E-state index contributed by atoms with van der Waals surface area (Å²) in [6, 6.07) is 87.6. The van der Waals surface area contributed by atoms with Crippen LogP contribution in [-0.2, 0) is 32.5 Å². The molecule has 0 N–H and O–H groups in total. The van der Waals surface area contributed by atoms with E-state index in [-0.39, 0.29) is 39.2 Å². The van der Waals surface area contributed by atoms with E-state index >= 15 is 0 Å². The van der Waals surface area contributed by atoms with Crippen molar-refractivity contribution >= 4 is 101 Å². The molecule has 0 spiro atoms. The summed E-state index contributed by atoms with van der Waals surface area (Å²) in [6.07, 6.45) is 4.65. The van der Waals surface area contributed by atoms with Crippen LogP contribution in [0.5, 0.6) is 0 Å². The first-order valence-electron chi connectivity index (χ1n) is 35.0. The Bertz CT molecular complexity index is 5050. The van der Waals surface area contributed by atoms with Gasteiger partial charge in [0.2, 0.25) is 0 Å². The van der Waals surface area contributed by atoms with Gasteiger partial charge < -0.3 is 18.9 Å². The summed E-state index contributed by atoms with van der Waals surface area (Å²) in [6.45, 7) is 33.6. The van der Waals surface area contributed by atoms with Crippen LogP contribution in [0.3, 0.4) is 0 Å². The molecule has 13 aromatic rings. The SMILES string of the molecule is CC(C)(C)c1cccc2c3ccccc3n(-c3ccc4c(c3)N(c3ccccc3-c3ccc5c(c3)C(C)(C)CCC5(C)C)c3cccc5c3B4c3ccc(-n4c6ccccc6c6cccc(C(C)(C)C)c64)cc3N5c3ccccc3-c3ccc4c(c3)C(C)(C)CCC4(C)C)c12. The molecular formula is C90H87BN4. The zero-order valence-electron chi connectivity index (χ0n) is 58.1. The second kappa shape index (κ2) is 20.6. The van der Waals surface area contributed by atoms with Crippen molar-refractivity contribution in [2.75, 3.05) is 9.80 Å². The van der Waals surface area contributed by atoms with E-state index < -0.39 is 0 Å². The number of hydrogen-bond acceptors (Lipinski definition) is 2. The molecule has 0 bridgehead atoms. The lowest BCUT2D eigenvalue weighted by Gasteiger charge is -2.45. The maximum atomic E-state index is 2.67. The molecule has 2 aliphatic heterocycles. The quantitative estimate of drug-likeness (QED) is 0.154. The third-order valence-electron chi connectivity index (χ3n) is 23.1. The van der Waals surface area contributed by atoms with Crippen LogP contribution in [0.15, 0.2) is 224 Å². The maximum absolute atomic E-state index is 2.67. The van der Waals surface area contributed by atoms with Crippen LogP contribution in [0.2, 0.25) is 0 Å². The predicted molar refractivity (Wildman–Crippen MR) is 408 cm³/mol. The molecule has 4 heterocycles.